The normalized spacial score (nSPS) is 10.4. The molecule has 2 aromatic rings. The molecule has 0 aliphatic heterocycles. The van der Waals surface area contributed by atoms with Crippen LogP contribution in [0.15, 0.2) is 23.1 Å². The summed E-state index contributed by atoms with van der Waals surface area (Å²) in [5.41, 5.74) is 7.80. The number of hydrogen-bond donors (Lipinski definition) is 1. The van der Waals surface area contributed by atoms with E-state index in [4.69, 9.17) is 10.3 Å². The van der Waals surface area contributed by atoms with E-state index in [-0.39, 0.29) is 0 Å². The molecule has 72 valence electrons. The first-order chi connectivity index (χ1) is 6.81. The fraction of sp³-hybridized carbons (Fsp3) is 0.222. The van der Waals surface area contributed by atoms with Crippen LogP contribution < -0.4 is 5.73 Å². The largest absolute Gasteiger partial charge is 0.354 e. The molecule has 0 amide bonds. The topological polar surface area (TPSA) is 77.8 Å². The van der Waals surface area contributed by atoms with Gasteiger partial charge in [0.2, 0.25) is 0 Å². The van der Waals surface area contributed by atoms with Crippen molar-refractivity contribution in [3.63, 3.8) is 0 Å². The molecule has 0 aliphatic rings. The predicted molar refractivity (Wildman–Crippen MR) is 50.2 cm³/mol. The van der Waals surface area contributed by atoms with E-state index in [0.717, 1.165) is 11.3 Å². The Bertz CT molecular complexity index is 438. The van der Waals surface area contributed by atoms with Crippen LogP contribution >= 0.6 is 0 Å². The lowest BCUT2D eigenvalue weighted by molar-refractivity contribution is 0.430. The molecule has 0 aromatic carbocycles. The van der Waals surface area contributed by atoms with Crippen molar-refractivity contribution < 1.29 is 4.52 Å². The van der Waals surface area contributed by atoms with Gasteiger partial charge >= 0.3 is 0 Å². The summed E-state index contributed by atoms with van der Waals surface area (Å²) >= 11 is 0. The molecule has 5 heteroatoms. The highest BCUT2D eigenvalue weighted by Crippen LogP contribution is 2.19. The lowest BCUT2D eigenvalue weighted by Crippen LogP contribution is -2.01. The molecule has 0 aliphatic carbocycles. The zero-order valence-electron chi connectivity index (χ0n) is 7.77. The van der Waals surface area contributed by atoms with Crippen molar-refractivity contribution >= 4 is 0 Å². The van der Waals surface area contributed by atoms with Crippen molar-refractivity contribution in [3.8, 4) is 11.5 Å². The second kappa shape index (κ2) is 3.55. The van der Waals surface area contributed by atoms with E-state index in [0.29, 0.717) is 18.0 Å². The van der Waals surface area contributed by atoms with Crippen LogP contribution in [0, 0.1) is 6.92 Å². The molecule has 2 rings (SSSR count). The van der Waals surface area contributed by atoms with Crippen LogP contribution in [-0.2, 0) is 6.54 Å². The van der Waals surface area contributed by atoms with E-state index in [1.165, 1.54) is 0 Å². The number of aryl methyl sites for hydroxylation is 1. The van der Waals surface area contributed by atoms with E-state index in [9.17, 15) is 0 Å². The van der Waals surface area contributed by atoms with Gasteiger partial charge in [-0.1, -0.05) is 5.16 Å². The Labute approximate surface area is 81.0 Å². The van der Waals surface area contributed by atoms with Crippen molar-refractivity contribution in [3.05, 3.63) is 29.8 Å². The van der Waals surface area contributed by atoms with E-state index in [1.54, 1.807) is 18.6 Å². The molecule has 2 heterocycles. The van der Waals surface area contributed by atoms with Crippen LogP contribution in [-0.4, -0.2) is 15.1 Å². The summed E-state index contributed by atoms with van der Waals surface area (Å²) in [6.45, 7) is 2.27. The van der Waals surface area contributed by atoms with Crippen LogP contribution in [0.5, 0.6) is 0 Å². The van der Waals surface area contributed by atoms with Crippen molar-refractivity contribution in [2.75, 3.05) is 0 Å². The second-order valence-electron chi connectivity index (χ2n) is 2.94. The first-order valence-electron chi connectivity index (χ1n) is 4.24. The molecule has 2 N–H and O–H groups in total. The fourth-order valence-corrected chi connectivity index (χ4v) is 1.15. The average molecular weight is 190 g/mol. The summed E-state index contributed by atoms with van der Waals surface area (Å²) in [6, 6.07) is 0. The Balaban J connectivity index is 2.47. The number of nitrogens with zero attached hydrogens (tertiary/aromatic N) is 3. The molecule has 0 saturated heterocycles. The van der Waals surface area contributed by atoms with E-state index in [2.05, 4.69) is 15.1 Å². The van der Waals surface area contributed by atoms with Crippen LogP contribution in [0.1, 0.15) is 11.3 Å². The SMILES string of the molecule is Cc1cnoc1-c1cncc(CN)n1. The Morgan fingerprint density at radius 2 is 2.21 bits per heavy atom. The van der Waals surface area contributed by atoms with E-state index >= 15 is 0 Å². The third-order valence-corrected chi connectivity index (χ3v) is 1.87. The maximum atomic E-state index is 5.46. The third-order valence-electron chi connectivity index (χ3n) is 1.87. The molecule has 14 heavy (non-hydrogen) atoms. The fourth-order valence-electron chi connectivity index (χ4n) is 1.15. The summed E-state index contributed by atoms with van der Waals surface area (Å²) < 4.78 is 5.06. The number of nitrogens with two attached hydrogens (primary N) is 1. The van der Waals surface area contributed by atoms with E-state index < -0.39 is 0 Å². The van der Waals surface area contributed by atoms with Gasteiger partial charge in [-0.25, -0.2) is 4.98 Å². The van der Waals surface area contributed by atoms with Gasteiger partial charge < -0.3 is 10.3 Å². The van der Waals surface area contributed by atoms with Gasteiger partial charge in [-0.2, -0.15) is 0 Å². The van der Waals surface area contributed by atoms with Gasteiger partial charge in [0, 0.05) is 18.3 Å². The van der Waals surface area contributed by atoms with Crippen molar-refractivity contribution in [2.24, 2.45) is 5.73 Å². The minimum atomic E-state index is 0.369. The Kier molecular flexibility index (Phi) is 2.24. The molecule has 5 nitrogen and oxygen atoms in total. The second-order valence-corrected chi connectivity index (χ2v) is 2.94. The Morgan fingerprint density at radius 3 is 2.86 bits per heavy atom. The molecular formula is C9H10N4O. The molecular weight excluding hydrogens is 180 g/mol. The van der Waals surface area contributed by atoms with Gasteiger partial charge in [0.25, 0.3) is 0 Å². The summed E-state index contributed by atoms with van der Waals surface area (Å²) in [4.78, 5) is 8.30. The van der Waals surface area contributed by atoms with Crippen LogP contribution in [0.4, 0.5) is 0 Å². The predicted octanol–water partition coefficient (Wildman–Crippen LogP) is 0.899. The van der Waals surface area contributed by atoms with Gasteiger partial charge in [0.05, 0.1) is 18.1 Å². The highest BCUT2D eigenvalue weighted by Gasteiger charge is 2.08. The highest BCUT2D eigenvalue weighted by atomic mass is 16.5. The van der Waals surface area contributed by atoms with E-state index in [1.807, 2.05) is 6.92 Å². The van der Waals surface area contributed by atoms with Crippen LogP contribution in [0.3, 0.4) is 0 Å². The summed E-state index contributed by atoms with van der Waals surface area (Å²) in [6.07, 6.45) is 4.91. The maximum Gasteiger partial charge on any atom is 0.189 e. The smallest absolute Gasteiger partial charge is 0.189 e. The van der Waals surface area contributed by atoms with Crippen LogP contribution in [0.2, 0.25) is 0 Å². The summed E-state index contributed by atoms with van der Waals surface area (Å²) in [7, 11) is 0. The molecule has 0 saturated carbocycles. The Morgan fingerprint density at radius 1 is 1.36 bits per heavy atom. The number of hydrogen-bond acceptors (Lipinski definition) is 5. The lowest BCUT2D eigenvalue weighted by atomic mass is 10.2. The molecule has 0 atom stereocenters. The van der Waals surface area contributed by atoms with Gasteiger partial charge in [0.1, 0.15) is 5.69 Å². The zero-order valence-corrected chi connectivity index (χ0v) is 7.77. The molecule has 0 unspecified atom stereocenters. The number of aromatic nitrogens is 3. The molecule has 2 aromatic heterocycles. The van der Waals surface area contributed by atoms with Crippen molar-refractivity contribution in [2.45, 2.75) is 13.5 Å². The van der Waals surface area contributed by atoms with Gasteiger partial charge in [-0.15, -0.1) is 0 Å². The third kappa shape index (κ3) is 1.49. The molecule has 0 fully saturated rings. The maximum absolute atomic E-state index is 5.46. The quantitative estimate of drug-likeness (QED) is 0.761. The molecule has 0 bridgehead atoms. The first-order valence-corrected chi connectivity index (χ1v) is 4.24. The minimum Gasteiger partial charge on any atom is -0.354 e. The monoisotopic (exact) mass is 190 g/mol. The standard InChI is InChI=1S/C9H10N4O/c1-6-3-12-14-9(6)8-5-11-4-7(2-10)13-8/h3-5H,2,10H2,1H3. The number of rotatable bonds is 2. The van der Waals surface area contributed by atoms with Gasteiger partial charge in [0.15, 0.2) is 5.76 Å². The minimum absolute atomic E-state index is 0.369. The molecule has 0 spiro atoms. The zero-order chi connectivity index (χ0) is 9.97. The lowest BCUT2D eigenvalue weighted by Gasteiger charge is -1.98. The summed E-state index contributed by atoms with van der Waals surface area (Å²) in [5, 5.41) is 3.68. The van der Waals surface area contributed by atoms with Gasteiger partial charge in [-0.3, -0.25) is 4.98 Å². The average Bonchev–Trinajstić information content (AvgIpc) is 2.65. The van der Waals surface area contributed by atoms with Gasteiger partial charge in [-0.05, 0) is 6.92 Å². The first kappa shape index (κ1) is 8.83. The Hall–Kier alpha value is -1.75. The van der Waals surface area contributed by atoms with Crippen LogP contribution in [0.25, 0.3) is 11.5 Å². The van der Waals surface area contributed by atoms with Crippen molar-refractivity contribution in [1.82, 2.24) is 15.1 Å². The summed E-state index contributed by atoms with van der Waals surface area (Å²) in [5.74, 6) is 0.646. The highest BCUT2D eigenvalue weighted by molar-refractivity contribution is 5.54. The molecule has 0 radical (unpaired) electrons. The van der Waals surface area contributed by atoms with Crippen molar-refractivity contribution in [1.29, 1.82) is 0 Å².